The Balaban J connectivity index is 2.40. The van der Waals surface area contributed by atoms with Crippen molar-refractivity contribution < 1.29 is 19.1 Å². The Hall–Kier alpha value is -1.67. The molecule has 2 heterocycles. The number of ether oxygens (including phenoxy) is 2. The van der Waals surface area contributed by atoms with Gasteiger partial charge in [0.2, 0.25) is 0 Å². The molecule has 0 saturated heterocycles. The van der Waals surface area contributed by atoms with Gasteiger partial charge in [-0.25, -0.2) is 14.8 Å². The molecule has 0 amide bonds. The molecular weight excluding hydrogens is 336 g/mol. The summed E-state index contributed by atoms with van der Waals surface area (Å²) in [4.78, 5) is 33.7. The van der Waals surface area contributed by atoms with Gasteiger partial charge >= 0.3 is 11.9 Å². The first-order valence-corrected chi connectivity index (χ1v) is 9.01. The van der Waals surface area contributed by atoms with Gasteiger partial charge in [-0.15, -0.1) is 11.3 Å². The van der Waals surface area contributed by atoms with E-state index < -0.39 is 0 Å². The Morgan fingerprint density at radius 1 is 1.13 bits per heavy atom. The lowest BCUT2D eigenvalue weighted by Crippen LogP contribution is -2.07. The SMILES string of the molecule is CCOC(=O)CSc1nc(C)nc2sc(C(=O)OCC)c(C)c12. The molecule has 0 aliphatic rings. The maximum absolute atomic E-state index is 12.0. The lowest BCUT2D eigenvalue weighted by atomic mass is 10.2. The van der Waals surface area contributed by atoms with Crippen LogP contribution < -0.4 is 0 Å². The molecule has 0 aliphatic heterocycles. The van der Waals surface area contributed by atoms with E-state index in [1.54, 1.807) is 20.8 Å². The first-order valence-electron chi connectivity index (χ1n) is 7.21. The topological polar surface area (TPSA) is 78.4 Å². The van der Waals surface area contributed by atoms with Crippen molar-refractivity contribution in [1.29, 1.82) is 0 Å². The number of thiophene rings is 1. The summed E-state index contributed by atoms with van der Waals surface area (Å²) >= 11 is 2.58. The summed E-state index contributed by atoms with van der Waals surface area (Å²) in [7, 11) is 0. The normalized spacial score (nSPS) is 10.8. The molecule has 0 aliphatic carbocycles. The van der Waals surface area contributed by atoms with Gasteiger partial charge in [-0.3, -0.25) is 4.79 Å². The minimum atomic E-state index is -0.355. The molecule has 8 heteroatoms. The maximum Gasteiger partial charge on any atom is 0.348 e. The van der Waals surface area contributed by atoms with Crippen LogP contribution in [0.25, 0.3) is 10.2 Å². The van der Waals surface area contributed by atoms with Crippen LogP contribution >= 0.6 is 23.1 Å². The highest BCUT2D eigenvalue weighted by atomic mass is 32.2. The van der Waals surface area contributed by atoms with Crippen molar-refractivity contribution in [2.75, 3.05) is 19.0 Å². The first-order chi connectivity index (χ1) is 11.0. The standard InChI is InChI=1S/C15H18N2O4S2/c1-5-20-10(18)7-22-13-11-8(3)12(15(19)21-6-2)23-14(11)17-9(4)16-13/h5-7H2,1-4H3. The average molecular weight is 354 g/mol. The first kappa shape index (κ1) is 17.7. The van der Waals surface area contributed by atoms with Gasteiger partial charge in [0.05, 0.1) is 19.0 Å². The molecule has 124 valence electrons. The molecule has 0 unspecified atom stereocenters. The molecule has 0 N–H and O–H groups in total. The minimum Gasteiger partial charge on any atom is -0.465 e. The summed E-state index contributed by atoms with van der Waals surface area (Å²) in [5, 5.41) is 1.49. The lowest BCUT2D eigenvalue weighted by Gasteiger charge is -2.05. The third kappa shape index (κ3) is 4.00. The number of hydrogen-bond acceptors (Lipinski definition) is 8. The average Bonchev–Trinajstić information content (AvgIpc) is 2.82. The fraction of sp³-hybridized carbons (Fsp3) is 0.467. The number of fused-ring (bicyclic) bond motifs is 1. The van der Waals surface area contributed by atoms with Crippen molar-refractivity contribution >= 4 is 45.3 Å². The second-order valence-electron chi connectivity index (χ2n) is 4.63. The number of thioether (sulfide) groups is 1. The minimum absolute atomic E-state index is 0.170. The molecular formula is C15H18N2O4S2. The highest BCUT2D eigenvalue weighted by molar-refractivity contribution is 8.00. The second kappa shape index (κ2) is 7.74. The predicted octanol–water partition coefficient (Wildman–Crippen LogP) is 3.14. The number of aryl methyl sites for hydroxylation is 2. The van der Waals surface area contributed by atoms with E-state index in [2.05, 4.69) is 9.97 Å². The Labute approximate surface area is 142 Å². The largest absolute Gasteiger partial charge is 0.465 e. The summed E-state index contributed by atoms with van der Waals surface area (Å²) in [6, 6.07) is 0. The van der Waals surface area contributed by atoms with Crippen molar-refractivity contribution in [2.45, 2.75) is 32.7 Å². The molecule has 0 radical (unpaired) electrons. The summed E-state index contributed by atoms with van der Waals surface area (Å²) in [5.41, 5.74) is 0.787. The molecule has 0 saturated carbocycles. The van der Waals surface area contributed by atoms with E-state index in [9.17, 15) is 9.59 Å². The zero-order valence-corrected chi connectivity index (χ0v) is 15.1. The molecule has 0 atom stereocenters. The monoisotopic (exact) mass is 354 g/mol. The molecule has 0 fully saturated rings. The molecule has 0 aromatic carbocycles. The quantitative estimate of drug-likeness (QED) is 0.448. The van der Waals surface area contributed by atoms with Crippen molar-refractivity contribution in [2.24, 2.45) is 0 Å². The maximum atomic E-state index is 12.0. The van der Waals surface area contributed by atoms with Crippen LogP contribution in [0.1, 0.15) is 34.9 Å². The third-order valence-electron chi connectivity index (χ3n) is 2.96. The molecule has 0 spiro atoms. The van der Waals surface area contributed by atoms with E-state index in [4.69, 9.17) is 9.47 Å². The van der Waals surface area contributed by atoms with Gasteiger partial charge in [0, 0.05) is 5.39 Å². The smallest absolute Gasteiger partial charge is 0.348 e. The summed E-state index contributed by atoms with van der Waals surface area (Å²) in [5.74, 6) is 0.122. The molecule has 2 aromatic heterocycles. The zero-order valence-electron chi connectivity index (χ0n) is 13.5. The molecule has 23 heavy (non-hydrogen) atoms. The van der Waals surface area contributed by atoms with Crippen LogP contribution in [0.2, 0.25) is 0 Å². The number of rotatable bonds is 6. The van der Waals surface area contributed by atoms with Crippen LogP contribution in [0.5, 0.6) is 0 Å². The summed E-state index contributed by atoms with van der Waals surface area (Å²) < 4.78 is 10.0. The van der Waals surface area contributed by atoms with Crippen LogP contribution in [0, 0.1) is 13.8 Å². The third-order valence-corrected chi connectivity index (χ3v) is 5.08. The molecule has 2 rings (SSSR count). The van der Waals surface area contributed by atoms with E-state index in [1.807, 2.05) is 6.92 Å². The van der Waals surface area contributed by atoms with Gasteiger partial charge in [0.15, 0.2) is 0 Å². The molecule has 6 nitrogen and oxygen atoms in total. The number of carbonyl (C=O) groups excluding carboxylic acids is 2. The Morgan fingerprint density at radius 2 is 1.83 bits per heavy atom. The van der Waals surface area contributed by atoms with Gasteiger partial charge in [-0.2, -0.15) is 0 Å². The Kier molecular flexibility index (Phi) is 5.95. The van der Waals surface area contributed by atoms with Crippen LogP contribution in [0.4, 0.5) is 0 Å². The number of esters is 2. The van der Waals surface area contributed by atoms with E-state index >= 15 is 0 Å². The number of hydrogen-bond donors (Lipinski definition) is 0. The fourth-order valence-electron chi connectivity index (χ4n) is 2.03. The van der Waals surface area contributed by atoms with E-state index in [-0.39, 0.29) is 17.7 Å². The summed E-state index contributed by atoms with van der Waals surface area (Å²) in [6.45, 7) is 7.84. The van der Waals surface area contributed by atoms with Crippen LogP contribution in [0.3, 0.4) is 0 Å². The van der Waals surface area contributed by atoms with Crippen LogP contribution in [-0.2, 0) is 14.3 Å². The van der Waals surface area contributed by atoms with Crippen LogP contribution in [-0.4, -0.2) is 40.9 Å². The predicted molar refractivity (Wildman–Crippen MR) is 90.2 cm³/mol. The Bertz CT molecular complexity index is 743. The highest BCUT2D eigenvalue weighted by Crippen LogP contribution is 2.36. The second-order valence-corrected chi connectivity index (χ2v) is 6.59. The zero-order chi connectivity index (χ0) is 17.0. The van der Waals surface area contributed by atoms with Gasteiger partial charge < -0.3 is 9.47 Å². The molecule has 0 bridgehead atoms. The van der Waals surface area contributed by atoms with E-state index in [1.165, 1.54) is 23.1 Å². The van der Waals surface area contributed by atoms with Gasteiger partial charge in [0.25, 0.3) is 0 Å². The highest BCUT2D eigenvalue weighted by Gasteiger charge is 2.21. The number of nitrogens with zero attached hydrogens (tertiary/aromatic N) is 2. The van der Waals surface area contributed by atoms with Gasteiger partial charge in [0.1, 0.15) is 20.6 Å². The van der Waals surface area contributed by atoms with Gasteiger partial charge in [-0.1, -0.05) is 11.8 Å². The van der Waals surface area contributed by atoms with E-state index in [0.717, 1.165) is 15.8 Å². The van der Waals surface area contributed by atoms with E-state index in [0.29, 0.717) is 28.9 Å². The van der Waals surface area contributed by atoms with Crippen molar-refractivity contribution in [3.05, 3.63) is 16.3 Å². The Morgan fingerprint density at radius 3 is 2.48 bits per heavy atom. The number of aromatic nitrogens is 2. The van der Waals surface area contributed by atoms with Crippen LogP contribution in [0.15, 0.2) is 5.03 Å². The van der Waals surface area contributed by atoms with Crippen molar-refractivity contribution in [3.8, 4) is 0 Å². The van der Waals surface area contributed by atoms with Crippen molar-refractivity contribution in [1.82, 2.24) is 9.97 Å². The molecule has 2 aromatic rings. The summed E-state index contributed by atoms with van der Waals surface area (Å²) in [6.07, 6.45) is 0. The number of carbonyl (C=O) groups is 2. The lowest BCUT2D eigenvalue weighted by molar-refractivity contribution is -0.139. The van der Waals surface area contributed by atoms with Gasteiger partial charge in [-0.05, 0) is 33.3 Å². The van der Waals surface area contributed by atoms with Crippen molar-refractivity contribution in [3.63, 3.8) is 0 Å². The fourth-order valence-corrected chi connectivity index (χ4v) is 4.14.